The standard InChI is InChI=1S/C9H9ClF3N3O/c10-7-1-2-8(15-14-7)16-3-4-17-6(5-16)9(11,12)13/h1-2,6H,3-5H2/t6-/m1/s1. The van der Waals surface area contributed by atoms with Gasteiger partial charge < -0.3 is 9.64 Å². The smallest absolute Gasteiger partial charge is 0.365 e. The average molecular weight is 268 g/mol. The van der Waals surface area contributed by atoms with Gasteiger partial charge in [-0.25, -0.2) is 0 Å². The number of morpholine rings is 1. The summed E-state index contributed by atoms with van der Waals surface area (Å²) in [7, 11) is 0. The minimum Gasteiger partial charge on any atom is -0.365 e. The summed E-state index contributed by atoms with van der Waals surface area (Å²) in [5, 5.41) is 7.54. The third-order valence-corrected chi connectivity index (χ3v) is 2.58. The summed E-state index contributed by atoms with van der Waals surface area (Å²) in [5.74, 6) is 0.368. The first-order chi connectivity index (χ1) is 7.97. The van der Waals surface area contributed by atoms with E-state index in [4.69, 9.17) is 11.6 Å². The van der Waals surface area contributed by atoms with Crippen molar-refractivity contribution in [3.8, 4) is 0 Å². The third kappa shape index (κ3) is 2.98. The van der Waals surface area contributed by atoms with Gasteiger partial charge in [0, 0.05) is 6.54 Å². The molecule has 17 heavy (non-hydrogen) atoms. The zero-order valence-corrected chi connectivity index (χ0v) is 9.37. The highest BCUT2D eigenvalue weighted by Crippen LogP contribution is 2.27. The lowest BCUT2D eigenvalue weighted by Gasteiger charge is -2.34. The molecule has 2 heterocycles. The molecule has 4 nitrogen and oxygen atoms in total. The topological polar surface area (TPSA) is 38.2 Å². The van der Waals surface area contributed by atoms with Crippen LogP contribution in [-0.2, 0) is 4.74 Å². The molecule has 1 atom stereocenters. The Hall–Kier alpha value is -1.08. The van der Waals surface area contributed by atoms with Gasteiger partial charge >= 0.3 is 6.18 Å². The van der Waals surface area contributed by atoms with E-state index in [1.807, 2.05) is 0 Å². The van der Waals surface area contributed by atoms with Crippen LogP contribution in [0.3, 0.4) is 0 Å². The molecule has 0 aliphatic carbocycles. The molecule has 0 N–H and O–H groups in total. The molecular weight excluding hydrogens is 259 g/mol. The van der Waals surface area contributed by atoms with Gasteiger partial charge in [0.25, 0.3) is 0 Å². The summed E-state index contributed by atoms with van der Waals surface area (Å²) in [6.07, 6.45) is -6.15. The van der Waals surface area contributed by atoms with Crippen LogP contribution >= 0.6 is 11.6 Å². The van der Waals surface area contributed by atoms with Crippen LogP contribution in [0.5, 0.6) is 0 Å². The number of halogens is 4. The summed E-state index contributed by atoms with van der Waals surface area (Å²) in [5.41, 5.74) is 0. The Bertz CT molecular complexity index is 384. The van der Waals surface area contributed by atoms with Crippen molar-refractivity contribution in [2.24, 2.45) is 0 Å². The minimum atomic E-state index is -4.36. The molecule has 1 aliphatic heterocycles. The van der Waals surface area contributed by atoms with Gasteiger partial charge in [0.2, 0.25) is 0 Å². The molecule has 0 bridgehead atoms. The maximum Gasteiger partial charge on any atom is 0.416 e. The number of aromatic nitrogens is 2. The highest BCUT2D eigenvalue weighted by atomic mass is 35.5. The Labute approximate surface area is 100 Å². The Morgan fingerprint density at radius 1 is 1.35 bits per heavy atom. The normalized spacial score (nSPS) is 21.6. The Balaban J connectivity index is 2.09. The summed E-state index contributed by atoms with van der Waals surface area (Å²) in [6.45, 7) is 0.0805. The average Bonchev–Trinajstić information content (AvgIpc) is 2.29. The van der Waals surface area contributed by atoms with Crippen LogP contribution < -0.4 is 4.90 Å². The Morgan fingerprint density at radius 2 is 2.12 bits per heavy atom. The van der Waals surface area contributed by atoms with Gasteiger partial charge in [-0.2, -0.15) is 13.2 Å². The van der Waals surface area contributed by atoms with Crippen molar-refractivity contribution >= 4 is 17.4 Å². The third-order valence-electron chi connectivity index (χ3n) is 2.37. The van der Waals surface area contributed by atoms with Crippen molar-refractivity contribution < 1.29 is 17.9 Å². The van der Waals surface area contributed by atoms with Crippen molar-refractivity contribution in [1.29, 1.82) is 0 Å². The molecule has 1 saturated heterocycles. The van der Waals surface area contributed by atoms with Gasteiger partial charge in [-0.1, -0.05) is 11.6 Å². The zero-order valence-electron chi connectivity index (χ0n) is 8.62. The minimum absolute atomic E-state index is 0.00842. The first kappa shape index (κ1) is 12.4. The fourth-order valence-electron chi connectivity index (χ4n) is 1.53. The second kappa shape index (κ2) is 4.66. The summed E-state index contributed by atoms with van der Waals surface area (Å²) in [4.78, 5) is 1.48. The Kier molecular flexibility index (Phi) is 3.39. The SMILES string of the molecule is FC(F)(F)[C@H]1CN(c2ccc(Cl)nn2)CCO1. The molecule has 0 aromatic carbocycles. The lowest BCUT2D eigenvalue weighted by atomic mass is 10.2. The van der Waals surface area contributed by atoms with Crippen LogP contribution in [0, 0.1) is 0 Å². The van der Waals surface area contributed by atoms with Crippen molar-refractivity contribution in [3.63, 3.8) is 0 Å². The second-order valence-electron chi connectivity index (χ2n) is 3.56. The van der Waals surface area contributed by atoms with E-state index in [1.165, 1.54) is 17.0 Å². The van der Waals surface area contributed by atoms with E-state index in [2.05, 4.69) is 14.9 Å². The number of anilines is 1. The van der Waals surface area contributed by atoms with Gasteiger partial charge in [0.15, 0.2) is 17.1 Å². The van der Waals surface area contributed by atoms with Gasteiger partial charge in [0.1, 0.15) is 0 Å². The van der Waals surface area contributed by atoms with E-state index in [1.54, 1.807) is 0 Å². The van der Waals surface area contributed by atoms with Crippen molar-refractivity contribution in [2.75, 3.05) is 24.6 Å². The zero-order chi connectivity index (χ0) is 12.5. The Morgan fingerprint density at radius 3 is 2.71 bits per heavy atom. The van der Waals surface area contributed by atoms with Crippen molar-refractivity contribution in [1.82, 2.24) is 10.2 Å². The fraction of sp³-hybridized carbons (Fsp3) is 0.556. The van der Waals surface area contributed by atoms with Crippen molar-refractivity contribution in [3.05, 3.63) is 17.3 Å². The second-order valence-corrected chi connectivity index (χ2v) is 3.95. The van der Waals surface area contributed by atoms with E-state index in [0.29, 0.717) is 12.4 Å². The number of rotatable bonds is 1. The van der Waals surface area contributed by atoms with E-state index < -0.39 is 12.3 Å². The highest BCUT2D eigenvalue weighted by Gasteiger charge is 2.43. The predicted octanol–water partition coefficient (Wildman–Crippen LogP) is 1.90. The number of hydrogen-bond acceptors (Lipinski definition) is 4. The van der Waals surface area contributed by atoms with E-state index in [0.717, 1.165) is 0 Å². The molecule has 2 rings (SSSR count). The molecule has 1 fully saturated rings. The number of ether oxygens (including phenoxy) is 1. The van der Waals surface area contributed by atoms with Gasteiger partial charge in [0.05, 0.1) is 13.2 Å². The lowest BCUT2D eigenvalue weighted by molar-refractivity contribution is -0.221. The molecule has 0 amide bonds. The van der Waals surface area contributed by atoms with Crippen LogP contribution in [0.1, 0.15) is 0 Å². The first-order valence-corrected chi connectivity index (χ1v) is 5.27. The quantitative estimate of drug-likeness (QED) is 0.779. The fourth-order valence-corrected chi connectivity index (χ4v) is 1.63. The maximum atomic E-state index is 12.5. The summed E-state index contributed by atoms with van der Waals surface area (Å²) < 4.78 is 42.1. The largest absolute Gasteiger partial charge is 0.416 e. The molecule has 0 spiro atoms. The molecule has 1 aromatic rings. The van der Waals surface area contributed by atoms with Crippen LogP contribution in [0.25, 0.3) is 0 Å². The maximum absolute atomic E-state index is 12.5. The lowest BCUT2D eigenvalue weighted by Crippen LogP contribution is -2.49. The molecule has 94 valence electrons. The first-order valence-electron chi connectivity index (χ1n) is 4.89. The van der Waals surface area contributed by atoms with Gasteiger partial charge in [-0.15, -0.1) is 10.2 Å². The highest BCUT2D eigenvalue weighted by molar-refractivity contribution is 6.29. The van der Waals surface area contributed by atoms with E-state index in [-0.39, 0.29) is 18.3 Å². The predicted molar refractivity (Wildman–Crippen MR) is 55.1 cm³/mol. The molecule has 1 aromatic heterocycles. The monoisotopic (exact) mass is 267 g/mol. The van der Waals surface area contributed by atoms with Crippen LogP contribution in [0.4, 0.5) is 19.0 Å². The van der Waals surface area contributed by atoms with Gasteiger partial charge in [-0.05, 0) is 12.1 Å². The number of nitrogens with zero attached hydrogens (tertiary/aromatic N) is 3. The number of hydrogen-bond donors (Lipinski definition) is 0. The van der Waals surface area contributed by atoms with Crippen LogP contribution in [0.2, 0.25) is 5.15 Å². The summed E-state index contributed by atoms with van der Waals surface area (Å²) in [6, 6.07) is 3.02. The van der Waals surface area contributed by atoms with Crippen LogP contribution in [-0.4, -0.2) is 42.2 Å². The van der Waals surface area contributed by atoms with Crippen molar-refractivity contribution in [2.45, 2.75) is 12.3 Å². The molecular formula is C9H9ClF3N3O. The molecule has 8 heteroatoms. The van der Waals surface area contributed by atoms with Crippen LogP contribution in [0.15, 0.2) is 12.1 Å². The molecule has 0 radical (unpaired) electrons. The molecule has 1 aliphatic rings. The summed E-state index contributed by atoms with van der Waals surface area (Å²) >= 11 is 5.56. The molecule has 0 unspecified atom stereocenters. The molecule has 0 saturated carbocycles. The van der Waals surface area contributed by atoms with E-state index >= 15 is 0 Å². The van der Waals surface area contributed by atoms with E-state index in [9.17, 15) is 13.2 Å². The van der Waals surface area contributed by atoms with Gasteiger partial charge in [-0.3, -0.25) is 0 Å². The number of alkyl halides is 3.